The van der Waals surface area contributed by atoms with E-state index in [1.54, 1.807) is 0 Å². The zero-order chi connectivity index (χ0) is 23.1. The lowest BCUT2D eigenvalue weighted by molar-refractivity contribution is 0.667. The summed E-state index contributed by atoms with van der Waals surface area (Å²) < 4.78 is 2.74. The Morgan fingerprint density at radius 1 is 0.559 bits per heavy atom. The molecule has 0 aliphatic heterocycles. The van der Waals surface area contributed by atoms with Crippen molar-refractivity contribution in [3.05, 3.63) is 96.1 Å². The molecule has 0 bridgehead atoms. The smallest absolute Gasteiger partial charge is 0.0361 e. The van der Waals surface area contributed by atoms with Crippen LogP contribution in [0.15, 0.2) is 84.9 Å². The Labute approximate surface area is 205 Å². The summed E-state index contributed by atoms with van der Waals surface area (Å²) in [6, 6.07) is 32.4. The summed E-state index contributed by atoms with van der Waals surface area (Å²) in [5.41, 5.74) is 5.37. The lowest BCUT2D eigenvalue weighted by Gasteiger charge is -2.07. The first-order chi connectivity index (χ1) is 16.7. The topological polar surface area (TPSA) is 0 Å². The third kappa shape index (κ3) is 3.99. The minimum absolute atomic E-state index is 1.19. The van der Waals surface area contributed by atoms with Gasteiger partial charge in [-0.15, -0.1) is 11.3 Å². The highest BCUT2D eigenvalue weighted by atomic mass is 32.1. The van der Waals surface area contributed by atoms with E-state index in [0.717, 1.165) is 0 Å². The lowest BCUT2D eigenvalue weighted by atomic mass is 9.98. The largest absolute Gasteiger partial charge is 0.135 e. The van der Waals surface area contributed by atoms with Crippen LogP contribution >= 0.6 is 11.3 Å². The summed E-state index contributed by atoms with van der Waals surface area (Å²) in [5.74, 6) is 0. The molecular weight excluding hydrogens is 428 g/mol. The normalized spacial score (nSPS) is 11.8. The predicted octanol–water partition coefficient (Wildman–Crippen LogP) is 10.5. The van der Waals surface area contributed by atoms with E-state index in [2.05, 4.69) is 98.8 Å². The summed E-state index contributed by atoms with van der Waals surface area (Å²) in [4.78, 5) is 0. The first kappa shape index (κ1) is 21.4. The van der Waals surface area contributed by atoms with Crippen molar-refractivity contribution in [2.75, 3.05) is 0 Å². The fourth-order valence-electron chi connectivity index (χ4n) is 5.18. The van der Waals surface area contributed by atoms with E-state index in [1.165, 1.54) is 96.1 Å². The van der Waals surface area contributed by atoms with Crippen molar-refractivity contribution in [1.82, 2.24) is 0 Å². The van der Waals surface area contributed by atoms with Crippen LogP contribution in [0.5, 0.6) is 0 Å². The van der Waals surface area contributed by atoms with Crippen LogP contribution in [0.2, 0.25) is 0 Å². The first-order valence-corrected chi connectivity index (χ1v) is 13.4. The molecule has 34 heavy (non-hydrogen) atoms. The second-order valence-corrected chi connectivity index (χ2v) is 10.8. The van der Waals surface area contributed by atoms with Crippen molar-refractivity contribution >= 4 is 53.1 Å². The number of fused-ring (bicyclic) bond motifs is 5. The van der Waals surface area contributed by atoms with Gasteiger partial charge in [-0.1, -0.05) is 86.3 Å². The quantitative estimate of drug-likeness (QED) is 0.218. The maximum absolute atomic E-state index is 2.39. The van der Waals surface area contributed by atoms with Crippen LogP contribution in [0.1, 0.15) is 43.7 Å². The molecule has 0 N–H and O–H groups in total. The number of hydrogen-bond donors (Lipinski definition) is 0. The van der Waals surface area contributed by atoms with Crippen LogP contribution in [0.3, 0.4) is 0 Å². The highest BCUT2D eigenvalue weighted by Crippen LogP contribution is 2.39. The highest BCUT2D eigenvalue weighted by molar-refractivity contribution is 7.26. The molecule has 0 aliphatic carbocycles. The number of aryl methyl sites for hydroxylation is 2. The van der Waals surface area contributed by atoms with Gasteiger partial charge in [0.15, 0.2) is 0 Å². The van der Waals surface area contributed by atoms with Gasteiger partial charge < -0.3 is 0 Å². The van der Waals surface area contributed by atoms with Crippen LogP contribution in [0.4, 0.5) is 0 Å². The Kier molecular flexibility index (Phi) is 5.59. The minimum Gasteiger partial charge on any atom is -0.135 e. The van der Waals surface area contributed by atoms with Crippen molar-refractivity contribution in [1.29, 1.82) is 0 Å². The van der Waals surface area contributed by atoms with Crippen LogP contribution in [0, 0.1) is 6.92 Å². The molecule has 5 aromatic carbocycles. The molecule has 1 heterocycles. The van der Waals surface area contributed by atoms with E-state index < -0.39 is 0 Å². The van der Waals surface area contributed by atoms with Crippen LogP contribution in [-0.4, -0.2) is 0 Å². The van der Waals surface area contributed by atoms with E-state index in [0.29, 0.717) is 0 Å². The number of thiophene rings is 1. The van der Waals surface area contributed by atoms with E-state index >= 15 is 0 Å². The number of benzene rings is 5. The van der Waals surface area contributed by atoms with E-state index in [4.69, 9.17) is 0 Å². The van der Waals surface area contributed by atoms with Crippen molar-refractivity contribution in [3.8, 4) is 11.1 Å². The molecule has 0 nitrogen and oxygen atoms in total. The van der Waals surface area contributed by atoms with Crippen molar-refractivity contribution < 1.29 is 0 Å². The molecule has 0 radical (unpaired) electrons. The van der Waals surface area contributed by atoms with Crippen molar-refractivity contribution in [2.45, 2.75) is 46.0 Å². The van der Waals surface area contributed by atoms with Gasteiger partial charge in [0.05, 0.1) is 0 Å². The average molecular weight is 459 g/mol. The molecular formula is C33H30S. The molecule has 168 valence electrons. The number of rotatable bonds is 6. The van der Waals surface area contributed by atoms with E-state index in [-0.39, 0.29) is 0 Å². The number of hydrogen-bond acceptors (Lipinski definition) is 1. The highest BCUT2D eigenvalue weighted by Gasteiger charge is 2.09. The zero-order valence-electron chi connectivity index (χ0n) is 20.0. The Hall–Kier alpha value is -3.16. The monoisotopic (exact) mass is 458 g/mol. The van der Waals surface area contributed by atoms with Crippen LogP contribution in [-0.2, 0) is 6.42 Å². The molecule has 1 aromatic heterocycles. The second-order valence-electron chi connectivity index (χ2n) is 9.72. The molecule has 0 fully saturated rings. The summed E-state index contributed by atoms with van der Waals surface area (Å²) >= 11 is 1.91. The van der Waals surface area contributed by atoms with E-state index in [9.17, 15) is 0 Å². The average Bonchev–Trinajstić information content (AvgIpc) is 3.20. The third-order valence-corrected chi connectivity index (χ3v) is 8.26. The molecule has 0 amide bonds. The molecule has 0 atom stereocenters. The van der Waals surface area contributed by atoms with Gasteiger partial charge in [0.2, 0.25) is 0 Å². The summed E-state index contributed by atoms with van der Waals surface area (Å²) in [7, 11) is 0. The standard InChI is InChI=1S/C33H30S/c1-3-4-5-6-7-23-9-12-24(13-10-23)25-14-15-26-18-30-31-19-28-16-22(2)8-11-27(28)20-32(31)34-33(30)21-29(26)17-25/h8-21H,3-7H2,1-2H3. The molecule has 0 saturated heterocycles. The van der Waals surface area contributed by atoms with Gasteiger partial charge in [0.25, 0.3) is 0 Å². The maximum atomic E-state index is 2.39. The van der Waals surface area contributed by atoms with Gasteiger partial charge in [-0.2, -0.15) is 0 Å². The fourth-order valence-corrected chi connectivity index (χ4v) is 6.35. The van der Waals surface area contributed by atoms with Crippen molar-refractivity contribution in [3.63, 3.8) is 0 Å². The zero-order valence-corrected chi connectivity index (χ0v) is 20.8. The Morgan fingerprint density at radius 3 is 2.00 bits per heavy atom. The summed E-state index contributed by atoms with van der Waals surface area (Å²) in [6.07, 6.45) is 6.47. The van der Waals surface area contributed by atoms with Crippen LogP contribution < -0.4 is 0 Å². The predicted molar refractivity (Wildman–Crippen MR) is 152 cm³/mol. The van der Waals surface area contributed by atoms with E-state index in [1.807, 2.05) is 11.3 Å². The molecule has 6 rings (SSSR count). The molecule has 0 unspecified atom stereocenters. The van der Waals surface area contributed by atoms with Gasteiger partial charge >= 0.3 is 0 Å². The van der Waals surface area contributed by atoms with Gasteiger partial charge in [-0.3, -0.25) is 0 Å². The Bertz CT molecular complexity index is 1630. The van der Waals surface area contributed by atoms with Gasteiger partial charge in [0, 0.05) is 20.2 Å². The first-order valence-electron chi connectivity index (χ1n) is 12.6. The molecule has 6 aromatic rings. The summed E-state index contributed by atoms with van der Waals surface area (Å²) in [6.45, 7) is 4.44. The molecule has 0 spiro atoms. The summed E-state index contributed by atoms with van der Waals surface area (Å²) in [5, 5.41) is 8.03. The van der Waals surface area contributed by atoms with Crippen molar-refractivity contribution in [2.24, 2.45) is 0 Å². The van der Waals surface area contributed by atoms with Gasteiger partial charge in [-0.25, -0.2) is 0 Å². The maximum Gasteiger partial charge on any atom is 0.0361 e. The molecule has 0 aliphatic rings. The Balaban J connectivity index is 1.36. The second kappa shape index (κ2) is 8.89. The van der Waals surface area contributed by atoms with Gasteiger partial charge in [-0.05, 0) is 88.3 Å². The molecule has 1 heteroatoms. The minimum atomic E-state index is 1.19. The SMILES string of the molecule is CCCCCCc1ccc(-c2ccc3cc4c(cc3c2)sc2cc3ccc(C)cc3cc24)cc1. The molecule has 0 saturated carbocycles. The van der Waals surface area contributed by atoms with Crippen LogP contribution in [0.25, 0.3) is 52.8 Å². The van der Waals surface area contributed by atoms with Gasteiger partial charge in [0.1, 0.15) is 0 Å². The third-order valence-electron chi connectivity index (χ3n) is 7.15. The fraction of sp³-hybridized carbons (Fsp3) is 0.212. The number of unbranched alkanes of at least 4 members (excludes halogenated alkanes) is 3. The lowest BCUT2D eigenvalue weighted by Crippen LogP contribution is -1.86. The Morgan fingerprint density at radius 2 is 1.21 bits per heavy atom.